The molecular weight excluding hydrogens is 552 g/mol. The molecule has 0 radical (unpaired) electrons. The van der Waals surface area contributed by atoms with Gasteiger partial charge in [0.2, 0.25) is 5.91 Å². The predicted octanol–water partition coefficient (Wildman–Crippen LogP) is 0.915. The topological polar surface area (TPSA) is 171 Å². The number of ketones is 4. The minimum atomic E-state index is -2.75. The van der Waals surface area contributed by atoms with Gasteiger partial charge in [-0.3, -0.25) is 38.8 Å². The Hall–Kier alpha value is -3.80. The molecule has 3 fully saturated rings. The first-order valence-electron chi connectivity index (χ1n) is 14.8. The fourth-order valence-corrected chi connectivity index (χ4v) is 7.96. The highest BCUT2D eigenvalue weighted by molar-refractivity contribution is 6.32. The number of nitrogens with zero attached hydrogens (tertiary/aromatic N) is 3. The van der Waals surface area contributed by atoms with Crippen molar-refractivity contribution in [2.45, 2.75) is 50.3 Å². The number of likely N-dealkylation sites (tertiary alicyclic amines) is 1. The predicted molar refractivity (Wildman–Crippen MR) is 154 cm³/mol. The molecule has 4 aliphatic rings. The number of phenolic OH excluding ortho intramolecular Hbond substituents is 1. The van der Waals surface area contributed by atoms with Gasteiger partial charge in [-0.15, -0.1) is 0 Å². The van der Waals surface area contributed by atoms with Crippen LogP contribution in [-0.4, -0.2) is 92.9 Å². The van der Waals surface area contributed by atoms with Crippen molar-refractivity contribution in [1.82, 2.24) is 14.8 Å². The Labute approximate surface area is 249 Å². The molecule has 43 heavy (non-hydrogen) atoms. The fourth-order valence-electron chi connectivity index (χ4n) is 7.96. The zero-order valence-corrected chi connectivity index (χ0v) is 24.3. The first-order valence-corrected chi connectivity index (χ1v) is 14.8. The number of aromatic hydroxyl groups is 1. The second kappa shape index (κ2) is 10.7. The van der Waals surface area contributed by atoms with Crippen LogP contribution in [0.2, 0.25) is 0 Å². The van der Waals surface area contributed by atoms with Crippen LogP contribution in [0.25, 0.3) is 11.3 Å². The number of aliphatic hydroxyl groups is 1. The number of phenols is 1. The summed E-state index contributed by atoms with van der Waals surface area (Å²) in [5.41, 5.74) is 5.04. The molecule has 1 aliphatic heterocycles. The van der Waals surface area contributed by atoms with Gasteiger partial charge in [0.05, 0.1) is 23.2 Å². The Morgan fingerprint density at radius 1 is 1.12 bits per heavy atom. The second-order valence-corrected chi connectivity index (χ2v) is 12.6. The SMILES string of the molecule is CN(C)C1C(=O)C(C(N)=O)C(=O)C2(O)C(=O)C3C(=O)c4c(O)c(CN5CCCCC5)cc(-c5ccccn5)c4CC3CC12. The zero-order chi connectivity index (χ0) is 30.8. The van der Waals surface area contributed by atoms with Crippen molar-refractivity contribution >= 4 is 29.0 Å². The molecule has 1 aromatic carbocycles. The summed E-state index contributed by atoms with van der Waals surface area (Å²) in [5.74, 6) is -10.5. The minimum Gasteiger partial charge on any atom is -0.507 e. The highest BCUT2D eigenvalue weighted by atomic mass is 16.3. The number of Topliss-reactive ketones (excluding diaryl/α,β-unsaturated/α-hetero) is 4. The summed E-state index contributed by atoms with van der Waals surface area (Å²) >= 11 is 0. The first kappa shape index (κ1) is 29.3. The van der Waals surface area contributed by atoms with Crippen molar-refractivity contribution in [2.75, 3.05) is 27.2 Å². The van der Waals surface area contributed by atoms with E-state index in [1.807, 2.05) is 18.2 Å². The van der Waals surface area contributed by atoms with Crippen LogP contribution in [0.15, 0.2) is 30.5 Å². The molecule has 1 aromatic heterocycles. The molecule has 2 aromatic rings. The molecule has 6 rings (SSSR count). The number of fused-ring (bicyclic) bond motifs is 3. The monoisotopic (exact) mass is 588 g/mol. The average molecular weight is 589 g/mol. The Balaban J connectivity index is 1.49. The lowest BCUT2D eigenvalue weighted by atomic mass is 9.52. The Kier molecular flexibility index (Phi) is 7.30. The number of benzene rings is 1. The largest absolute Gasteiger partial charge is 0.507 e. The molecule has 11 nitrogen and oxygen atoms in total. The van der Waals surface area contributed by atoms with Gasteiger partial charge >= 0.3 is 0 Å². The van der Waals surface area contributed by atoms with Gasteiger partial charge in [-0.25, -0.2) is 0 Å². The van der Waals surface area contributed by atoms with Crippen LogP contribution in [0.5, 0.6) is 5.75 Å². The maximum atomic E-state index is 14.3. The van der Waals surface area contributed by atoms with E-state index in [-0.39, 0.29) is 24.2 Å². The summed E-state index contributed by atoms with van der Waals surface area (Å²) in [4.78, 5) is 75.8. The van der Waals surface area contributed by atoms with Crippen LogP contribution < -0.4 is 5.73 Å². The van der Waals surface area contributed by atoms with Crippen molar-refractivity contribution in [3.8, 4) is 17.0 Å². The molecule has 4 N–H and O–H groups in total. The summed E-state index contributed by atoms with van der Waals surface area (Å²) in [6.45, 7) is 2.12. The van der Waals surface area contributed by atoms with Crippen molar-refractivity contribution in [3.05, 3.63) is 47.2 Å². The number of hydrogen-bond acceptors (Lipinski definition) is 10. The van der Waals surface area contributed by atoms with E-state index in [9.17, 15) is 34.2 Å². The van der Waals surface area contributed by atoms with E-state index in [0.717, 1.165) is 32.4 Å². The molecule has 3 aliphatic carbocycles. The number of pyridine rings is 1. The normalized spacial score (nSPS) is 31.0. The number of carbonyl (C=O) groups excluding carboxylic acids is 5. The van der Waals surface area contributed by atoms with Crippen LogP contribution in [0.4, 0.5) is 0 Å². The van der Waals surface area contributed by atoms with E-state index in [0.29, 0.717) is 28.9 Å². The smallest absolute Gasteiger partial charge is 0.235 e. The fraction of sp³-hybridized carbons (Fsp3) is 0.500. The van der Waals surface area contributed by atoms with Crippen molar-refractivity contribution in [1.29, 1.82) is 0 Å². The molecule has 2 saturated carbocycles. The van der Waals surface area contributed by atoms with Crippen LogP contribution >= 0.6 is 0 Å². The summed E-state index contributed by atoms with van der Waals surface area (Å²) in [6.07, 6.45) is 5.04. The molecule has 0 spiro atoms. The van der Waals surface area contributed by atoms with E-state index >= 15 is 0 Å². The van der Waals surface area contributed by atoms with Crippen molar-refractivity contribution in [2.24, 2.45) is 29.4 Å². The van der Waals surface area contributed by atoms with Gasteiger partial charge < -0.3 is 15.9 Å². The number of hydrogen-bond donors (Lipinski definition) is 3. The van der Waals surface area contributed by atoms with Gasteiger partial charge in [0.1, 0.15) is 5.75 Å². The summed E-state index contributed by atoms with van der Waals surface area (Å²) in [5, 5.41) is 23.4. The number of primary amides is 1. The number of aromatic nitrogens is 1. The Morgan fingerprint density at radius 2 is 1.84 bits per heavy atom. The molecule has 6 unspecified atom stereocenters. The number of amides is 1. The number of nitrogens with two attached hydrogens (primary N) is 1. The third-order valence-corrected chi connectivity index (χ3v) is 9.92. The number of rotatable bonds is 5. The maximum absolute atomic E-state index is 14.3. The maximum Gasteiger partial charge on any atom is 0.235 e. The standard InChI is InChI=1S/C32H36N4O7/c1-35(2)25-20-14-16-12-19-18(21-8-4-5-9-34-21)13-17(15-36-10-6-3-7-11-36)26(37)23(19)27(38)22(16)29(40)32(20,43)30(41)24(28(25)39)31(33)42/h4-5,8-9,13,16,20,22,24-25,37,43H,3,6-7,10-12,14-15H2,1-2H3,(H2,33,42). The lowest BCUT2D eigenvalue weighted by Gasteiger charge is -2.52. The van der Waals surface area contributed by atoms with E-state index in [1.54, 1.807) is 26.4 Å². The highest BCUT2D eigenvalue weighted by Crippen LogP contribution is 2.52. The zero-order valence-electron chi connectivity index (χ0n) is 24.3. The van der Waals surface area contributed by atoms with Gasteiger partial charge in [-0.2, -0.15) is 0 Å². The molecule has 0 bridgehead atoms. The minimum absolute atomic E-state index is 0.00163. The summed E-state index contributed by atoms with van der Waals surface area (Å²) in [6, 6.07) is 6.17. The molecule has 2 heterocycles. The van der Waals surface area contributed by atoms with E-state index in [2.05, 4.69) is 9.88 Å². The van der Waals surface area contributed by atoms with Crippen LogP contribution in [0.1, 0.15) is 47.2 Å². The Bertz CT molecular complexity index is 1530. The quantitative estimate of drug-likeness (QED) is 0.427. The van der Waals surface area contributed by atoms with Gasteiger partial charge in [-0.05, 0) is 82.5 Å². The molecule has 1 saturated heterocycles. The third kappa shape index (κ3) is 4.44. The van der Waals surface area contributed by atoms with Crippen LogP contribution in [-0.2, 0) is 32.1 Å². The number of carbonyl (C=O) groups is 5. The van der Waals surface area contributed by atoms with E-state index in [1.165, 1.54) is 4.90 Å². The molecule has 11 heteroatoms. The van der Waals surface area contributed by atoms with Crippen molar-refractivity contribution < 1.29 is 34.2 Å². The third-order valence-electron chi connectivity index (χ3n) is 9.92. The first-order chi connectivity index (χ1) is 20.5. The molecule has 1 amide bonds. The van der Waals surface area contributed by atoms with E-state index in [4.69, 9.17) is 5.73 Å². The summed E-state index contributed by atoms with van der Waals surface area (Å²) < 4.78 is 0. The lowest BCUT2D eigenvalue weighted by Crippen LogP contribution is -2.74. The average Bonchev–Trinajstić information content (AvgIpc) is 2.97. The van der Waals surface area contributed by atoms with Gasteiger partial charge in [0.25, 0.3) is 0 Å². The van der Waals surface area contributed by atoms with Crippen molar-refractivity contribution in [3.63, 3.8) is 0 Å². The highest BCUT2D eigenvalue weighted by Gasteiger charge is 2.69. The molecular formula is C32H36N4O7. The van der Waals surface area contributed by atoms with Gasteiger partial charge in [0.15, 0.2) is 34.7 Å². The Morgan fingerprint density at radius 3 is 2.47 bits per heavy atom. The van der Waals surface area contributed by atoms with Gasteiger partial charge in [-0.1, -0.05) is 12.5 Å². The second-order valence-electron chi connectivity index (χ2n) is 12.6. The molecule has 6 atom stereocenters. The van der Waals surface area contributed by atoms with E-state index < -0.39 is 64.4 Å². The summed E-state index contributed by atoms with van der Waals surface area (Å²) in [7, 11) is 3.13. The van der Waals surface area contributed by atoms with Crippen LogP contribution in [0, 0.1) is 23.7 Å². The number of piperidine rings is 1. The van der Waals surface area contributed by atoms with Gasteiger partial charge in [0, 0.05) is 29.8 Å². The molecule has 226 valence electrons. The van der Waals surface area contributed by atoms with Crippen LogP contribution in [0.3, 0.4) is 0 Å². The lowest BCUT2D eigenvalue weighted by molar-refractivity contribution is -0.181. The number of likely N-dealkylation sites (N-methyl/N-ethyl adjacent to an activating group) is 1.